The van der Waals surface area contributed by atoms with Crippen LogP contribution in [-0.2, 0) is 0 Å². The van der Waals surface area contributed by atoms with Gasteiger partial charge in [0.2, 0.25) is 0 Å². The molecular formula is C11H19NS. The molecule has 0 aromatic rings. The minimum Gasteiger partial charge on any atom is -0.303 e. The topological polar surface area (TPSA) is 12.0 Å². The fourth-order valence-electron chi connectivity index (χ4n) is 2.15. The maximum Gasteiger partial charge on any atom is 0.0565 e. The van der Waals surface area contributed by atoms with Crippen molar-refractivity contribution in [2.24, 2.45) is 5.92 Å². The molecule has 3 unspecified atom stereocenters. The third-order valence-corrected chi connectivity index (χ3v) is 4.39. The Kier molecular flexibility index (Phi) is 3.33. The molecule has 1 saturated heterocycles. The molecule has 1 heterocycles. The molecule has 0 aromatic heterocycles. The average Bonchev–Trinajstić information content (AvgIpc) is 2.19. The van der Waals surface area contributed by atoms with Gasteiger partial charge in [-0.05, 0) is 44.3 Å². The quantitative estimate of drug-likeness (QED) is 0.649. The Hall–Kier alpha value is 0.0500. The van der Waals surface area contributed by atoms with E-state index in [1.54, 1.807) is 0 Å². The molecule has 2 aliphatic rings. The van der Waals surface area contributed by atoms with Gasteiger partial charge in [-0.3, -0.25) is 0 Å². The largest absolute Gasteiger partial charge is 0.303 e. The lowest BCUT2D eigenvalue weighted by Crippen LogP contribution is -2.43. The second-order valence-corrected chi connectivity index (χ2v) is 5.44. The van der Waals surface area contributed by atoms with Gasteiger partial charge in [-0.25, -0.2) is 0 Å². The number of hydrogen-bond donors (Lipinski definition) is 1. The van der Waals surface area contributed by atoms with Crippen molar-refractivity contribution in [3.63, 3.8) is 0 Å². The first-order valence-electron chi connectivity index (χ1n) is 5.39. The Bertz CT molecular complexity index is 191. The van der Waals surface area contributed by atoms with Crippen LogP contribution in [-0.4, -0.2) is 17.2 Å². The van der Waals surface area contributed by atoms with Gasteiger partial charge in [-0.15, -0.1) is 11.8 Å². The maximum absolute atomic E-state index is 3.72. The predicted octanol–water partition coefficient (Wildman–Crippen LogP) is 2.78. The third-order valence-electron chi connectivity index (χ3n) is 3.03. The fourth-order valence-corrected chi connectivity index (χ4v) is 3.74. The molecule has 74 valence electrons. The van der Waals surface area contributed by atoms with E-state index < -0.39 is 0 Å². The lowest BCUT2D eigenvalue weighted by molar-refractivity contribution is 0.371. The zero-order valence-electron chi connectivity index (χ0n) is 8.33. The third kappa shape index (κ3) is 2.50. The SMILES string of the molecule is CC1CCSC(C2CC=CCC2)N1. The molecule has 0 aromatic carbocycles. The lowest BCUT2D eigenvalue weighted by Gasteiger charge is -2.34. The number of nitrogens with one attached hydrogen (secondary N) is 1. The molecule has 1 nitrogen and oxygen atoms in total. The van der Waals surface area contributed by atoms with Gasteiger partial charge in [0, 0.05) is 6.04 Å². The molecule has 0 amide bonds. The van der Waals surface area contributed by atoms with Crippen molar-refractivity contribution in [3.8, 4) is 0 Å². The van der Waals surface area contributed by atoms with E-state index in [9.17, 15) is 0 Å². The van der Waals surface area contributed by atoms with Gasteiger partial charge in [0.05, 0.1) is 5.37 Å². The van der Waals surface area contributed by atoms with Crippen molar-refractivity contribution >= 4 is 11.8 Å². The van der Waals surface area contributed by atoms with Crippen LogP contribution in [0.1, 0.15) is 32.6 Å². The van der Waals surface area contributed by atoms with E-state index in [4.69, 9.17) is 0 Å². The monoisotopic (exact) mass is 197 g/mol. The fraction of sp³-hybridized carbons (Fsp3) is 0.818. The van der Waals surface area contributed by atoms with Crippen molar-refractivity contribution in [2.45, 2.75) is 44.0 Å². The van der Waals surface area contributed by atoms with Gasteiger partial charge in [-0.1, -0.05) is 12.2 Å². The average molecular weight is 197 g/mol. The van der Waals surface area contributed by atoms with Crippen molar-refractivity contribution < 1.29 is 0 Å². The Morgan fingerprint density at radius 1 is 1.31 bits per heavy atom. The van der Waals surface area contributed by atoms with E-state index in [0.29, 0.717) is 0 Å². The predicted molar refractivity (Wildman–Crippen MR) is 59.9 cm³/mol. The molecule has 3 atom stereocenters. The Labute approximate surface area is 85.4 Å². The van der Waals surface area contributed by atoms with Gasteiger partial charge in [-0.2, -0.15) is 0 Å². The molecule has 1 aliphatic heterocycles. The van der Waals surface area contributed by atoms with Crippen molar-refractivity contribution in [1.29, 1.82) is 0 Å². The summed E-state index contributed by atoms with van der Waals surface area (Å²) >= 11 is 2.13. The highest BCUT2D eigenvalue weighted by Gasteiger charge is 2.26. The van der Waals surface area contributed by atoms with E-state index in [0.717, 1.165) is 17.3 Å². The molecule has 0 radical (unpaired) electrons. The minimum absolute atomic E-state index is 0.730. The van der Waals surface area contributed by atoms with E-state index in [1.165, 1.54) is 31.4 Å². The summed E-state index contributed by atoms with van der Waals surface area (Å²) in [5.74, 6) is 2.23. The van der Waals surface area contributed by atoms with E-state index in [-0.39, 0.29) is 0 Å². The molecule has 1 N–H and O–H groups in total. The molecule has 0 saturated carbocycles. The number of hydrogen-bond acceptors (Lipinski definition) is 2. The molecule has 1 aliphatic carbocycles. The first-order chi connectivity index (χ1) is 6.36. The summed E-state index contributed by atoms with van der Waals surface area (Å²) in [7, 11) is 0. The first-order valence-corrected chi connectivity index (χ1v) is 6.44. The van der Waals surface area contributed by atoms with E-state index in [1.807, 2.05) is 0 Å². The van der Waals surface area contributed by atoms with E-state index >= 15 is 0 Å². The standard InChI is InChI=1S/C11H19NS/c1-9-7-8-13-11(12-9)10-5-3-2-4-6-10/h2-3,9-12H,4-8H2,1H3. The summed E-state index contributed by atoms with van der Waals surface area (Å²) in [6, 6.07) is 0.733. The lowest BCUT2D eigenvalue weighted by atomic mass is 9.93. The van der Waals surface area contributed by atoms with Crippen LogP contribution in [0.4, 0.5) is 0 Å². The summed E-state index contributed by atoms with van der Waals surface area (Å²) in [4.78, 5) is 0. The van der Waals surface area contributed by atoms with Crippen LogP contribution in [0.5, 0.6) is 0 Å². The highest BCUT2D eigenvalue weighted by Crippen LogP contribution is 2.31. The molecule has 1 fully saturated rings. The van der Waals surface area contributed by atoms with Gasteiger partial charge in [0.1, 0.15) is 0 Å². The van der Waals surface area contributed by atoms with Crippen LogP contribution in [0.2, 0.25) is 0 Å². The van der Waals surface area contributed by atoms with E-state index in [2.05, 4.69) is 36.2 Å². The van der Waals surface area contributed by atoms with Crippen LogP contribution >= 0.6 is 11.8 Å². The molecular weight excluding hydrogens is 178 g/mol. The van der Waals surface area contributed by atoms with Crippen LogP contribution in [0.3, 0.4) is 0 Å². The molecule has 13 heavy (non-hydrogen) atoms. The van der Waals surface area contributed by atoms with Crippen LogP contribution in [0, 0.1) is 5.92 Å². The first kappa shape index (κ1) is 9.60. The number of allylic oxidation sites excluding steroid dienone is 2. The smallest absolute Gasteiger partial charge is 0.0565 e. The van der Waals surface area contributed by atoms with Gasteiger partial charge in [0.15, 0.2) is 0 Å². The normalized spacial score (nSPS) is 40.5. The summed E-state index contributed by atoms with van der Waals surface area (Å²) in [6.45, 7) is 2.31. The Morgan fingerprint density at radius 3 is 2.92 bits per heavy atom. The molecule has 2 heteroatoms. The Balaban J connectivity index is 1.88. The summed E-state index contributed by atoms with van der Waals surface area (Å²) in [6.07, 6.45) is 9.98. The summed E-state index contributed by atoms with van der Waals surface area (Å²) < 4.78 is 0. The molecule has 2 rings (SSSR count). The summed E-state index contributed by atoms with van der Waals surface area (Å²) in [5, 5.41) is 4.45. The minimum atomic E-state index is 0.730. The van der Waals surface area contributed by atoms with Crippen LogP contribution in [0.15, 0.2) is 12.2 Å². The zero-order valence-corrected chi connectivity index (χ0v) is 9.15. The van der Waals surface area contributed by atoms with Gasteiger partial charge in [0.25, 0.3) is 0 Å². The van der Waals surface area contributed by atoms with Crippen LogP contribution in [0.25, 0.3) is 0 Å². The van der Waals surface area contributed by atoms with Crippen molar-refractivity contribution in [1.82, 2.24) is 5.32 Å². The zero-order chi connectivity index (χ0) is 9.10. The molecule has 0 bridgehead atoms. The maximum atomic E-state index is 3.72. The van der Waals surface area contributed by atoms with Crippen molar-refractivity contribution in [2.75, 3.05) is 5.75 Å². The highest BCUT2D eigenvalue weighted by atomic mass is 32.2. The van der Waals surface area contributed by atoms with Gasteiger partial charge < -0.3 is 5.32 Å². The summed E-state index contributed by atoms with van der Waals surface area (Å²) in [5.41, 5.74) is 0. The number of rotatable bonds is 1. The molecule has 0 spiro atoms. The second-order valence-electron chi connectivity index (χ2n) is 4.19. The second kappa shape index (κ2) is 4.52. The Morgan fingerprint density at radius 2 is 2.23 bits per heavy atom. The van der Waals surface area contributed by atoms with Gasteiger partial charge >= 0.3 is 0 Å². The number of thioether (sulfide) groups is 1. The van der Waals surface area contributed by atoms with Crippen LogP contribution < -0.4 is 5.32 Å². The highest BCUT2D eigenvalue weighted by molar-refractivity contribution is 7.99. The van der Waals surface area contributed by atoms with Crippen molar-refractivity contribution in [3.05, 3.63) is 12.2 Å².